The van der Waals surface area contributed by atoms with Gasteiger partial charge in [0.15, 0.2) is 0 Å². The zero-order chi connectivity index (χ0) is 10.5. The van der Waals surface area contributed by atoms with Gasteiger partial charge >= 0.3 is 0 Å². The molecule has 13 heavy (non-hydrogen) atoms. The second-order valence-electron chi connectivity index (χ2n) is 3.69. The Morgan fingerprint density at radius 3 is 1.77 bits per heavy atom. The van der Waals surface area contributed by atoms with E-state index in [1.807, 2.05) is 12.2 Å². The van der Waals surface area contributed by atoms with Gasteiger partial charge in [-0.1, -0.05) is 45.8 Å². The molecule has 0 rings (SSSR count). The standard InChI is InChI=1S/C7H14.C6H12/c1-4-5-6-7(2)3;1-3-5-6-4-2/h4,7H,1,5-6H2,2-3H3;3H,1,4-6H2,2H3. The highest BCUT2D eigenvalue weighted by atomic mass is 13.9. The van der Waals surface area contributed by atoms with Crippen LogP contribution in [-0.2, 0) is 0 Å². The first-order chi connectivity index (χ1) is 6.18. The predicted octanol–water partition coefficient (Wildman–Crippen LogP) is 4.97. The number of unbranched alkanes of at least 4 members (excludes halogenated alkanes) is 2. The molecule has 0 saturated heterocycles. The molecule has 0 aliphatic heterocycles. The third kappa shape index (κ3) is 24.6. The van der Waals surface area contributed by atoms with Crippen LogP contribution in [0.2, 0.25) is 0 Å². The molecule has 0 aliphatic rings. The molecule has 0 bridgehead atoms. The van der Waals surface area contributed by atoms with Gasteiger partial charge in [-0.3, -0.25) is 0 Å². The van der Waals surface area contributed by atoms with Crippen LogP contribution in [0, 0.1) is 5.92 Å². The molecule has 0 fully saturated rings. The van der Waals surface area contributed by atoms with E-state index in [4.69, 9.17) is 0 Å². The number of allylic oxidation sites excluding steroid dienone is 2. The monoisotopic (exact) mass is 182 g/mol. The number of hydrogen-bond acceptors (Lipinski definition) is 0. The Hall–Kier alpha value is -0.520. The second kappa shape index (κ2) is 14.0. The van der Waals surface area contributed by atoms with Crippen molar-refractivity contribution in [2.75, 3.05) is 0 Å². The van der Waals surface area contributed by atoms with Crippen molar-refractivity contribution < 1.29 is 0 Å². The molecule has 0 unspecified atom stereocenters. The third-order valence-electron chi connectivity index (χ3n) is 1.71. The molecule has 0 aromatic heterocycles. The lowest BCUT2D eigenvalue weighted by molar-refractivity contribution is 0.595. The molecule has 0 aromatic rings. The van der Waals surface area contributed by atoms with E-state index in [0.717, 1.165) is 12.3 Å². The van der Waals surface area contributed by atoms with Gasteiger partial charge in [0.25, 0.3) is 0 Å². The Bertz CT molecular complexity index is 101. The quantitative estimate of drug-likeness (QED) is 0.402. The van der Waals surface area contributed by atoms with Crippen LogP contribution in [0.15, 0.2) is 25.3 Å². The Labute approximate surface area is 84.7 Å². The van der Waals surface area contributed by atoms with Crippen molar-refractivity contribution in [2.24, 2.45) is 5.92 Å². The summed E-state index contributed by atoms with van der Waals surface area (Å²) < 4.78 is 0. The topological polar surface area (TPSA) is 0 Å². The molecule has 0 aromatic carbocycles. The molecule has 0 spiro atoms. The number of rotatable bonds is 6. The summed E-state index contributed by atoms with van der Waals surface area (Å²) in [4.78, 5) is 0. The van der Waals surface area contributed by atoms with E-state index in [9.17, 15) is 0 Å². The fourth-order valence-electron chi connectivity index (χ4n) is 0.800. The van der Waals surface area contributed by atoms with Gasteiger partial charge in [0.1, 0.15) is 0 Å². The van der Waals surface area contributed by atoms with Crippen LogP contribution < -0.4 is 0 Å². The molecule has 0 saturated carbocycles. The van der Waals surface area contributed by atoms with Crippen molar-refractivity contribution in [3.05, 3.63) is 25.3 Å². The second-order valence-corrected chi connectivity index (χ2v) is 3.69. The summed E-state index contributed by atoms with van der Waals surface area (Å²) in [6.45, 7) is 13.9. The van der Waals surface area contributed by atoms with Crippen LogP contribution in [0.4, 0.5) is 0 Å². The van der Waals surface area contributed by atoms with E-state index in [1.165, 1.54) is 25.7 Å². The average Bonchev–Trinajstić information content (AvgIpc) is 2.12. The lowest BCUT2D eigenvalue weighted by atomic mass is 10.1. The summed E-state index contributed by atoms with van der Waals surface area (Å²) in [5.41, 5.74) is 0. The number of hydrogen-bond donors (Lipinski definition) is 0. The minimum atomic E-state index is 0.831. The highest BCUT2D eigenvalue weighted by molar-refractivity contribution is 4.66. The van der Waals surface area contributed by atoms with Gasteiger partial charge in [0.05, 0.1) is 0 Å². The molecule has 0 atom stereocenters. The van der Waals surface area contributed by atoms with E-state index in [0.29, 0.717) is 0 Å². The summed E-state index contributed by atoms with van der Waals surface area (Å²) in [6.07, 6.45) is 10.1. The van der Waals surface area contributed by atoms with Crippen LogP contribution in [-0.4, -0.2) is 0 Å². The van der Waals surface area contributed by atoms with E-state index < -0.39 is 0 Å². The molecule has 0 nitrogen and oxygen atoms in total. The highest BCUT2D eigenvalue weighted by Crippen LogP contribution is 2.02. The van der Waals surface area contributed by atoms with Gasteiger partial charge in [-0.25, -0.2) is 0 Å². The van der Waals surface area contributed by atoms with E-state index in [-0.39, 0.29) is 0 Å². The van der Waals surface area contributed by atoms with Gasteiger partial charge in [-0.2, -0.15) is 0 Å². The predicted molar refractivity (Wildman–Crippen MR) is 64.0 cm³/mol. The lowest BCUT2D eigenvalue weighted by Gasteiger charge is -1.96. The molecule has 0 radical (unpaired) electrons. The molecular weight excluding hydrogens is 156 g/mol. The maximum Gasteiger partial charge on any atom is -0.0351 e. The molecule has 0 aliphatic carbocycles. The van der Waals surface area contributed by atoms with Crippen LogP contribution in [0.25, 0.3) is 0 Å². The van der Waals surface area contributed by atoms with Crippen molar-refractivity contribution in [3.8, 4) is 0 Å². The van der Waals surface area contributed by atoms with Crippen molar-refractivity contribution in [2.45, 2.75) is 52.9 Å². The van der Waals surface area contributed by atoms with Crippen molar-refractivity contribution in [1.82, 2.24) is 0 Å². The first-order valence-corrected chi connectivity index (χ1v) is 5.40. The summed E-state index contributed by atoms with van der Waals surface area (Å²) in [5.74, 6) is 0.831. The zero-order valence-corrected chi connectivity index (χ0v) is 9.68. The van der Waals surface area contributed by atoms with E-state index >= 15 is 0 Å². The van der Waals surface area contributed by atoms with Crippen LogP contribution in [0.3, 0.4) is 0 Å². The minimum absolute atomic E-state index is 0.831. The molecule has 0 amide bonds. The van der Waals surface area contributed by atoms with Crippen molar-refractivity contribution >= 4 is 0 Å². The molecule has 78 valence electrons. The summed E-state index contributed by atoms with van der Waals surface area (Å²) in [5, 5.41) is 0. The van der Waals surface area contributed by atoms with Crippen molar-refractivity contribution in [3.63, 3.8) is 0 Å². The summed E-state index contributed by atoms with van der Waals surface area (Å²) >= 11 is 0. The van der Waals surface area contributed by atoms with Gasteiger partial charge in [0, 0.05) is 0 Å². The molecular formula is C13H26. The maximum atomic E-state index is 3.63. The first-order valence-electron chi connectivity index (χ1n) is 5.40. The smallest absolute Gasteiger partial charge is 0.0351 e. The van der Waals surface area contributed by atoms with Gasteiger partial charge in [-0.15, -0.1) is 13.2 Å². The van der Waals surface area contributed by atoms with Gasteiger partial charge < -0.3 is 0 Å². The summed E-state index contributed by atoms with van der Waals surface area (Å²) in [6, 6.07) is 0. The zero-order valence-electron chi connectivity index (χ0n) is 9.68. The SMILES string of the molecule is C=CCCC(C)C.C=CCCCC. The fraction of sp³-hybridized carbons (Fsp3) is 0.692. The van der Waals surface area contributed by atoms with Gasteiger partial charge in [-0.05, 0) is 25.2 Å². The maximum absolute atomic E-state index is 3.63. The third-order valence-corrected chi connectivity index (χ3v) is 1.71. The summed E-state index contributed by atoms with van der Waals surface area (Å²) in [7, 11) is 0. The molecule has 0 N–H and O–H groups in total. The van der Waals surface area contributed by atoms with Gasteiger partial charge in [0.2, 0.25) is 0 Å². The van der Waals surface area contributed by atoms with E-state index in [2.05, 4.69) is 33.9 Å². The Morgan fingerprint density at radius 2 is 1.62 bits per heavy atom. The fourth-order valence-corrected chi connectivity index (χ4v) is 0.800. The normalized spacial score (nSPS) is 8.92. The largest absolute Gasteiger partial charge is 0.103 e. The van der Waals surface area contributed by atoms with Crippen LogP contribution >= 0.6 is 0 Å². The highest BCUT2D eigenvalue weighted by Gasteiger charge is 1.87. The minimum Gasteiger partial charge on any atom is -0.103 e. The average molecular weight is 182 g/mol. The van der Waals surface area contributed by atoms with Crippen LogP contribution in [0.5, 0.6) is 0 Å². The van der Waals surface area contributed by atoms with Crippen molar-refractivity contribution in [1.29, 1.82) is 0 Å². The molecule has 0 heterocycles. The first kappa shape index (κ1) is 15.0. The van der Waals surface area contributed by atoms with Crippen LogP contribution in [0.1, 0.15) is 52.9 Å². The Morgan fingerprint density at radius 1 is 1.08 bits per heavy atom. The Balaban J connectivity index is 0. The molecule has 0 heteroatoms. The van der Waals surface area contributed by atoms with E-state index in [1.54, 1.807) is 0 Å². The lowest BCUT2D eigenvalue weighted by Crippen LogP contribution is -1.82. The Kier molecular flexibility index (Phi) is 16.2.